The molecule has 31 heavy (non-hydrogen) atoms. The smallest absolute Gasteiger partial charge is 0.357 e. The van der Waals surface area contributed by atoms with E-state index in [0.717, 1.165) is 16.1 Å². The summed E-state index contributed by atoms with van der Waals surface area (Å²) in [6.07, 6.45) is -0.976. The number of carbonyl (C=O) groups is 2. The molecule has 0 saturated carbocycles. The maximum atomic E-state index is 13.0. The van der Waals surface area contributed by atoms with Gasteiger partial charge in [-0.25, -0.2) is 9.48 Å². The SMILES string of the molecule is Cc1ccccc1NC(=O)C(C)OC(=O)c1cc(-c2cccs2)nn1-c1ccccc1. The van der Waals surface area contributed by atoms with Crippen LogP contribution in [-0.2, 0) is 9.53 Å². The largest absolute Gasteiger partial charge is 0.448 e. The monoisotopic (exact) mass is 431 g/mol. The van der Waals surface area contributed by atoms with Crippen molar-refractivity contribution in [1.82, 2.24) is 9.78 Å². The summed E-state index contributed by atoms with van der Waals surface area (Å²) in [5.74, 6) is -1.02. The van der Waals surface area contributed by atoms with Gasteiger partial charge in [0.15, 0.2) is 11.8 Å². The first-order valence-corrected chi connectivity index (χ1v) is 10.7. The predicted octanol–water partition coefficient (Wildman–Crippen LogP) is 5.09. The molecule has 0 bridgehead atoms. The Balaban J connectivity index is 1.57. The van der Waals surface area contributed by atoms with Gasteiger partial charge >= 0.3 is 5.97 Å². The summed E-state index contributed by atoms with van der Waals surface area (Å²) in [5, 5.41) is 9.36. The molecule has 0 radical (unpaired) electrons. The number of amides is 1. The maximum absolute atomic E-state index is 13.0. The minimum absolute atomic E-state index is 0.255. The van der Waals surface area contributed by atoms with Crippen LogP contribution in [0.2, 0.25) is 0 Å². The molecule has 2 aromatic carbocycles. The Morgan fingerprint density at radius 3 is 2.48 bits per heavy atom. The number of para-hydroxylation sites is 2. The lowest BCUT2D eigenvalue weighted by Gasteiger charge is -2.15. The van der Waals surface area contributed by atoms with Gasteiger partial charge in [0.25, 0.3) is 5.91 Å². The Hall–Kier alpha value is -3.71. The van der Waals surface area contributed by atoms with Crippen molar-refractivity contribution < 1.29 is 14.3 Å². The first-order valence-electron chi connectivity index (χ1n) is 9.80. The van der Waals surface area contributed by atoms with Crippen LogP contribution in [0.4, 0.5) is 5.69 Å². The van der Waals surface area contributed by atoms with Crippen molar-refractivity contribution >= 4 is 28.9 Å². The van der Waals surface area contributed by atoms with Crippen molar-refractivity contribution in [2.45, 2.75) is 20.0 Å². The summed E-state index contributed by atoms with van der Waals surface area (Å²) in [5.41, 5.74) is 3.27. The molecule has 4 rings (SSSR count). The van der Waals surface area contributed by atoms with Crippen LogP contribution in [0.1, 0.15) is 23.0 Å². The molecule has 0 saturated heterocycles. The number of hydrogen-bond donors (Lipinski definition) is 1. The molecule has 1 amide bonds. The van der Waals surface area contributed by atoms with Crippen molar-refractivity contribution in [3.05, 3.63) is 89.4 Å². The summed E-state index contributed by atoms with van der Waals surface area (Å²) < 4.78 is 7.04. The van der Waals surface area contributed by atoms with E-state index < -0.39 is 18.0 Å². The zero-order valence-electron chi connectivity index (χ0n) is 17.1. The molecule has 0 fully saturated rings. The van der Waals surface area contributed by atoms with Crippen LogP contribution in [0.3, 0.4) is 0 Å². The van der Waals surface area contributed by atoms with Gasteiger partial charge in [-0.15, -0.1) is 11.3 Å². The second-order valence-corrected chi connectivity index (χ2v) is 7.94. The number of aromatic nitrogens is 2. The highest BCUT2D eigenvalue weighted by atomic mass is 32.1. The quantitative estimate of drug-likeness (QED) is 0.432. The van der Waals surface area contributed by atoms with Crippen molar-refractivity contribution in [1.29, 1.82) is 0 Å². The lowest BCUT2D eigenvalue weighted by atomic mass is 10.2. The lowest BCUT2D eigenvalue weighted by Crippen LogP contribution is -2.30. The third-order valence-electron chi connectivity index (χ3n) is 4.75. The highest BCUT2D eigenvalue weighted by molar-refractivity contribution is 7.13. The van der Waals surface area contributed by atoms with Gasteiger partial charge in [0.2, 0.25) is 0 Å². The predicted molar refractivity (Wildman–Crippen MR) is 122 cm³/mol. The number of thiophene rings is 1. The number of nitrogens with one attached hydrogen (secondary N) is 1. The van der Waals surface area contributed by atoms with Crippen molar-refractivity contribution in [2.75, 3.05) is 5.32 Å². The van der Waals surface area contributed by atoms with Crippen LogP contribution < -0.4 is 5.32 Å². The van der Waals surface area contributed by atoms with Gasteiger partial charge in [-0.1, -0.05) is 42.5 Å². The Morgan fingerprint density at radius 1 is 1.03 bits per heavy atom. The van der Waals surface area contributed by atoms with Gasteiger partial charge in [0.1, 0.15) is 5.69 Å². The van der Waals surface area contributed by atoms with E-state index in [-0.39, 0.29) is 5.69 Å². The first kappa shape index (κ1) is 20.6. The van der Waals surface area contributed by atoms with E-state index in [1.54, 1.807) is 23.7 Å². The zero-order valence-corrected chi connectivity index (χ0v) is 17.9. The van der Waals surface area contributed by atoms with Crippen molar-refractivity contribution in [3.8, 4) is 16.3 Å². The Kier molecular flexibility index (Phi) is 5.95. The van der Waals surface area contributed by atoms with E-state index >= 15 is 0 Å². The number of aryl methyl sites for hydroxylation is 1. The topological polar surface area (TPSA) is 73.2 Å². The Bertz CT molecular complexity index is 1200. The molecule has 6 nitrogen and oxygen atoms in total. The Morgan fingerprint density at radius 2 is 1.77 bits per heavy atom. The van der Waals surface area contributed by atoms with Gasteiger partial charge in [0, 0.05) is 11.8 Å². The fourth-order valence-electron chi connectivity index (χ4n) is 3.06. The molecule has 0 spiro atoms. The van der Waals surface area contributed by atoms with Gasteiger partial charge < -0.3 is 10.1 Å². The molecular weight excluding hydrogens is 410 g/mol. The maximum Gasteiger partial charge on any atom is 0.357 e. The molecule has 0 aliphatic rings. The minimum atomic E-state index is -0.976. The molecule has 1 unspecified atom stereocenters. The molecular formula is C24H21N3O3S. The standard InChI is InChI=1S/C24H21N3O3S/c1-16-9-6-7-12-19(16)25-23(28)17(2)30-24(29)21-15-20(22-13-8-14-31-22)26-27(21)18-10-4-3-5-11-18/h3-15,17H,1-2H3,(H,25,28). The van der Waals surface area contributed by atoms with E-state index in [0.29, 0.717) is 11.4 Å². The Labute approximate surface area is 184 Å². The molecule has 4 aromatic rings. The van der Waals surface area contributed by atoms with E-state index in [1.165, 1.54) is 11.3 Å². The second-order valence-electron chi connectivity index (χ2n) is 6.99. The summed E-state index contributed by atoms with van der Waals surface area (Å²) in [7, 11) is 0. The van der Waals surface area contributed by atoms with E-state index in [4.69, 9.17) is 4.74 Å². The normalized spacial score (nSPS) is 11.7. The van der Waals surface area contributed by atoms with Crippen LogP contribution in [-0.4, -0.2) is 27.8 Å². The van der Waals surface area contributed by atoms with Crippen LogP contribution >= 0.6 is 11.3 Å². The van der Waals surface area contributed by atoms with Gasteiger partial charge in [-0.3, -0.25) is 4.79 Å². The van der Waals surface area contributed by atoms with E-state index in [2.05, 4.69) is 10.4 Å². The number of nitrogens with zero attached hydrogens (tertiary/aromatic N) is 2. The van der Waals surface area contributed by atoms with Gasteiger partial charge in [-0.2, -0.15) is 5.10 Å². The summed E-state index contributed by atoms with van der Waals surface area (Å²) in [6, 6.07) is 22.3. The van der Waals surface area contributed by atoms with Gasteiger partial charge in [0.05, 0.1) is 10.6 Å². The molecule has 2 aromatic heterocycles. The average Bonchev–Trinajstić information content (AvgIpc) is 3.46. The van der Waals surface area contributed by atoms with Crippen LogP contribution in [0, 0.1) is 6.92 Å². The lowest BCUT2D eigenvalue weighted by molar-refractivity contribution is -0.123. The summed E-state index contributed by atoms with van der Waals surface area (Å²) >= 11 is 1.53. The third-order valence-corrected chi connectivity index (χ3v) is 5.64. The number of esters is 1. The molecule has 1 N–H and O–H groups in total. The fraction of sp³-hybridized carbons (Fsp3) is 0.125. The van der Waals surface area contributed by atoms with Gasteiger partial charge in [-0.05, 0) is 49.1 Å². The number of benzene rings is 2. The highest BCUT2D eigenvalue weighted by Crippen LogP contribution is 2.26. The highest BCUT2D eigenvalue weighted by Gasteiger charge is 2.24. The summed E-state index contributed by atoms with van der Waals surface area (Å²) in [6.45, 7) is 3.45. The number of hydrogen-bond acceptors (Lipinski definition) is 5. The summed E-state index contributed by atoms with van der Waals surface area (Å²) in [4.78, 5) is 26.5. The molecule has 7 heteroatoms. The number of carbonyl (C=O) groups excluding carboxylic acids is 2. The zero-order chi connectivity index (χ0) is 21.8. The minimum Gasteiger partial charge on any atom is -0.448 e. The number of anilines is 1. The average molecular weight is 432 g/mol. The molecule has 2 heterocycles. The number of rotatable bonds is 6. The van der Waals surface area contributed by atoms with Crippen LogP contribution in [0.15, 0.2) is 78.2 Å². The number of ether oxygens (including phenoxy) is 1. The van der Waals surface area contributed by atoms with Crippen LogP contribution in [0.5, 0.6) is 0 Å². The molecule has 0 aliphatic carbocycles. The first-order chi connectivity index (χ1) is 15.0. The molecule has 156 valence electrons. The third kappa shape index (κ3) is 4.57. The fourth-order valence-corrected chi connectivity index (χ4v) is 3.74. The van der Waals surface area contributed by atoms with E-state index in [9.17, 15) is 9.59 Å². The second kappa shape index (κ2) is 8.97. The van der Waals surface area contributed by atoms with Crippen molar-refractivity contribution in [2.24, 2.45) is 0 Å². The molecule has 1 atom stereocenters. The van der Waals surface area contributed by atoms with E-state index in [1.807, 2.05) is 73.0 Å². The molecule has 0 aliphatic heterocycles. The van der Waals surface area contributed by atoms with Crippen LogP contribution in [0.25, 0.3) is 16.3 Å². The van der Waals surface area contributed by atoms with Crippen molar-refractivity contribution in [3.63, 3.8) is 0 Å².